The van der Waals surface area contributed by atoms with E-state index >= 15 is 0 Å². The Morgan fingerprint density at radius 1 is 1.13 bits per heavy atom. The molecule has 0 saturated heterocycles. The van der Waals surface area contributed by atoms with E-state index in [0.717, 1.165) is 0 Å². The number of amides is 1. The predicted octanol–water partition coefficient (Wildman–Crippen LogP) is 3.18. The highest BCUT2D eigenvalue weighted by Gasteiger charge is 2.21. The molecule has 3 rings (SSSR count). The molecule has 0 spiro atoms. The number of hydrogen-bond donors (Lipinski definition) is 2. The Bertz CT molecular complexity index is 1070. The maximum atomic E-state index is 12.4. The van der Waals surface area contributed by atoms with E-state index < -0.39 is 5.97 Å². The summed E-state index contributed by atoms with van der Waals surface area (Å²) < 4.78 is 11.8. The summed E-state index contributed by atoms with van der Waals surface area (Å²) in [5.74, 6) is -0.0591. The second-order valence-electron chi connectivity index (χ2n) is 6.01. The number of aromatic nitrogens is 2. The zero-order chi connectivity index (χ0) is 21.5. The van der Waals surface area contributed by atoms with Crippen molar-refractivity contribution in [3.63, 3.8) is 0 Å². The lowest BCUT2D eigenvalue weighted by atomic mass is 10.2. The minimum Gasteiger partial charge on any atom is -0.497 e. The summed E-state index contributed by atoms with van der Waals surface area (Å²) in [6.45, 7) is 1.92. The molecule has 0 aliphatic carbocycles. The summed E-state index contributed by atoms with van der Waals surface area (Å²) in [6, 6.07) is 15.8. The zero-order valence-electron chi connectivity index (χ0n) is 16.4. The monoisotopic (exact) mass is 424 g/mol. The fourth-order valence-electron chi connectivity index (χ4n) is 2.67. The molecule has 30 heavy (non-hydrogen) atoms. The van der Waals surface area contributed by atoms with Crippen LogP contribution in [0.1, 0.15) is 27.6 Å². The number of nitrogens with one attached hydrogen (secondary N) is 2. The molecule has 2 aromatic carbocycles. The van der Waals surface area contributed by atoms with Gasteiger partial charge in [-0.25, -0.2) is 9.48 Å². The number of thiocarbonyl (C=S) groups is 1. The molecule has 0 aliphatic heterocycles. The topological polar surface area (TPSA) is 94.5 Å². The van der Waals surface area contributed by atoms with E-state index in [1.165, 1.54) is 10.9 Å². The quantitative estimate of drug-likeness (QED) is 0.464. The van der Waals surface area contributed by atoms with E-state index in [-0.39, 0.29) is 29.0 Å². The molecule has 154 valence electrons. The highest BCUT2D eigenvalue weighted by atomic mass is 32.1. The lowest BCUT2D eigenvalue weighted by molar-refractivity contribution is 0.0527. The minimum atomic E-state index is -0.564. The van der Waals surface area contributed by atoms with Crippen LogP contribution in [0.5, 0.6) is 5.75 Å². The third-order valence-corrected chi connectivity index (χ3v) is 4.26. The van der Waals surface area contributed by atoms with Crippen LogP contribution >= 0.6 is 12.2 Å². The average molecular weight is 424 g/mol. The molecule has 0 aliphatic rings. The standard InChI is InChI=1S/C21H20N4O4S/c1-3-29-20(27)17-13-22-25(15-10-7-11-16(12-15)28-2)18(17)23-21(30)24-19(26)14-8-5-4-6-9-14/h4-13H,3H2,1-2H3,(H2,23,24,26,30). The van der Waals surface area contributed by atoms with Crippen molar-refractivity contribution in [3.8, 4) is 11.4 Å². The number of hydrogen-bond acceptors (Lipinski definition) is 6. The fourth-order valence-corrected chi connectivity index (χ4v) is 2.86. The molecule has 8 nitrogen and oxygen atoms in total. The summed E-state index contributed by atoms with van der Waals surface area (Å²) in [7, 11) is 1.56. The largest absolute Gasteiger partial charge is 0.497 e. The van der Waals surface area contributed by atoms with Gasteiger partial charge in [-0.15, -0.1) is 0 Å². The van der Waals surface area contributed by atoms with Gasteiger partial charge in [0.1, 0.15) is 11.3 Å². The maximum absolute atomic E-state index is 12.4. The normalized spacial score (nSPS) is 10.2. The molecular weight excluding hydrogens is 404 g/mol. The van der Waals surface area contributed by atoms with Gasteiger partial charge in [0.25, 0.3) is 5.91 Å². The van der Waals surface area contributed by atoms with Crippen molar-refractivity contribution in [2.45, 2.75) is 6.92 Å². The van der Waals surface area contributed by atoms with Gasteiger partial charge in [0.05, 0.1) is 25.6 Å². The first-order valence-corrected chi connectivity index (χ1v) is 9.51. The molecule has 0 saturated carbocycles. The van der Waals surface area contributed by atoms with Crippen LogP contribution in [-0.4, -0.2) is 40.5 Å². The lowest BCUT2D eigenvalue weighted by Gasteiger charge is -2.14. The number of carbonyl (C=O) groups is 2. The summed E-state index contributed by atoms with van der Waals surface area (Å²) in [4.78, 5) is 24.8. The lowest BCUT2D eigenvalue weighted by Crippen LogP contribution is -2.35. The van der Waals surface area contributed by atoms with Gasteiger partial charge in [-0.1, -0.05) is 24.3 Å². The van der Waals surface area contributed by atoms with E-state index in [0.29, 0.717) is 17.0 Å². The molecule has 3 aromatic rings. The zero-order valence-corrected chi connectivity index (χ0v) is 17.2. The van der Waals surface area contributed by atoms with Crippen LogP contribution in [0.15, 0.2) is 60.8 Å². The first kappa shape index (κ1) is 21.0. The molecule has 0 fully saturated rings. The molecule has 1 amide bonds. The van der Waals surface area contributed by atoms with Gasteiger partial charge in [-0.05, 0) is 43.4 Å². The van der Waals surface area contributed by atoms with Crippen molar-refractivity contribution in [1.29, 1.82) is 0 Å². The molecule has 0 radical (unpaired) electrons. The highest BCUT2D eigenvalue weighted by molar-refractivity contribution is 7.80. The van der Waals surface area contributed by atoms with E-state index in [1.54, 1.807) is 62.6 Å². The van der Waals surface area contributed by atoms with Crippen molar-refractivity contribution >= 4 is 35.0 Å². The van der Waals surface area contributed by atoms with Crippen LogP contribution in [0.2, 0.25) is 0 Å². The van der Waals surface area contributed by atoms with Crippen LogP contribution in [0, 0.1) is 0 Å². The summed E-state index contributed by atoms with van der Waals surface area (Å²) in [5.41, 5.74) is 1.26. The second kappa shape index (κ2) is 9.66. The van der Waals surface area contributed by atoms with E-state index in [9.17, 15) is 9.59 Å². The van der Waals surface area contributed by atoms with Crippen molar-refractivity contribution in [2.24, 2.45) is 0 Å². The third kappa shape index (κ3) is 4.81. The van der Waals surface area contributed by atoms with Crippen molar-refractivity contribution in [2.75, 3.05) is 19.0 Å². The van der Waals surface area contributed by atoms with Gasteiger partial charge in [0.2, 0.25) is 0 Å². The van der Waals surface area contributed by atoms with E-state index in [1.807, 2.05) is 6.07 Å². The number of carbonyl (C=O) groups excluding carboxylic acids is 2. The molecular formula is C21H20N4O4S. The Kier molecular flexibility index (Phi) is 6.76. The Morgan fingerprint density at radius 3 is 2.60 bits per heavy atom. The SMILES string of the molecule is CCOC(=O)c1cnn(-c2cccc(OC)c2)c1NC(=S)NC(=O)c1ccccc1. The molecule has 1 heterocycles. The van der Waals surface area contributed by atoms with Crippen molar-refractivity contribution < 1.29 is 19.1 Å². The van der Waals surface area contributed by atoms with Crippen LogP contribution in [-0.2, 0) is 4.74 Å². The van der Waals surface area contributed by atoms with Crippen molar-refractivity contribution in [3.05, 3.63) is 71.9 Å². The van der Waals surface area contributed by atoms with Crippen LogP contribution < -0.4 is 15.4 Å². The average Bonchev–Trinajstić information content (AvgIpc) is 3.18. The van der Waals surface area contributed by atoms with Crippen LogP contribution in [0.3, 0.4) is 0 Å². The highest BCUT2D eigenvalue weighted by Crippen LogP contribution is 2.24. The number of ether oxygens (including phenoxy) is 2. The number of nitrogens with zero attached hydrogens (tertiary/aromatic N) is 2. The summed E-state index contributed by atoms with van der Waals surface area (Å²) in [5, 5.41) is 9.78. The molecule has 0 unspecified atom stereocenters. The van der Waals surface area contributed by atoms with Gasteiger partial charge in [0.15, 0.2) is 10.9 Å². The Labute approximate surface area is 178 Å². The van der Waals surface area contributed by atoms with Crippen LogP contribution in [0.25, 0.3) is 5.69 Å². The maximum Gasteiger partial charge on any atom is 0.343 e. The molecule has 9 heteroatoms. The minimum absolute atomic E-state index is 0.0130. The molecule has 1 aromatic heterocycles. The number of anilines is 1. The van der Waals surface area contributed by atoms with Crippen molar-refractivity contribution in [1.82, 2.24) is 15.1 Å². The van der Waals surface area contributed by atoms with Crippen LogP contribution in [0.4, 0.5) is 5.82 Å². The first-order chi connectivity index (χ1) is 14.5. The van der Waals surface area contributed by atoms with Gasteiger partial charge < -0.3 is 14.8 Å². The van der Waals surface area contributed by atoms with E-state index in [4.69, 9.17) is 21.7 Å². The van der Waals surface area contributed by atoms with Gasteiger partial charge in [-0.2, -0.15) is 5.10 Å². The molecule has 2 N–H and O–H groups in total. The third-order valence-electron chi connectivity index (χ3n) is 4.06. The first-order valence-electron chi connectivity index (χ1n) is 9.10. The second-order valence-corrected chi connectivity index (χ2v) is 6.42. The Hall–Kier alpha value is -3.72. The number of esters is 1. The fraction of sp³-hybridized carbons (Fsp3) is 0.143. The predicted molar refractivity (Wildman–Crippen MR) is 116 cm³/mol. The summed E-state index contributed by atoms with van der Waals surface area (Å²) >= 11 is 5.29. The summed E-state index contributed by atoms with van der Waals surface area (Å²) in [6.07, 6.45) is 1.38. The number of methoxy groups -OCH3 is 1. The number of benzene rings is 2. The molecule has 0 atom stereocenters. The smallest absolute Gasteiger partial charge is 0.343 e. The van der Waals surface area contributed by atoms with Gasteiger partial charge >= 0.3 is 5.97 Å². The molecule has 0 bridgehead atoms. The van der Waals surface area contributed by atoms with E-state index in [2.05, 4.69) is 15.7 Å². The van der Waals surface area contributed by atoms with Gasteiger partial charge in [0, 0.05) is 11.6 Å². The Balaban J connectivity index is 1.90. The number of rotatable bonds is 6. The van der Waals surface area contributed by atoms with Gasteiger partial charge in [-0.3, -0.25) is 10.1 Å². The Morgan fingerprint density at radius 2 is 1.90 bits per heavy atom.